The van der Waals surface area contributed by atoms with E-state index < -0.39 is 0 Å². The fourth-order valence-corrected chi connectivity index (χ4v) is 2.17. The third-order valence-electron chi connectivity index (χ3n) is 3.29. The molecular formula is C14H19NO2. The number of hydrogen-bond acceptors (Lipinski definition) is 2. The Morgan fingerprint density at radius 2 is 2.24 bits per heavy atom. The molecule has 1 aliphatic rings. The molecule has 0 spiro atoms. The summed E-state index contributed by atoms with van der Waals surface area (Å²) in [6.45, 7) is 6.11. The SMILES string of the molecule is Cc1ccccc1CC(=O)N1CCOCC1C. The maximum atomic E-state index is 12.2. The molecule has 17 heavy (non-hydrogen) atoms. The Balaban J connectivity index is 2.03. The van der Waals surface area contributed by atoms with Gasteiger partial charge < -0.3 is 9.64 Å². The standard InChI is InChI=1S/C14H19NO2/c1-11-5-3-4-6-13(11)9-14(16)15-7-8-17-10-12(15)2/h3-6,12H,7-10H2,1-2H3. The van der Waals surface area contributed by atoms with E-state index in [1.165, 1.54) is 5.56 Å². The Morgan fingerprint density at radius 1 is 1.47 bits per heavy atom. The van der Waals surface area contributed by atoms with Crippen LogP contribution in [0.15, 0.2) is 24.3 Å². The summed E-state index contributed by atoms with van der Waals surface area (Å²) in [6, 6.07) is 8.25. The first-order chi connectivity index (χ1) is 8.18. The van der Waals surface area contributed by atoms with Crippen LogP contribution < -0.4 is 0 Å². The molecule has 2 rings (SSSR count). The molecule has 92 valence electrons. The fraction of sp³-hybridized carbons (Fsp3) is 0.500. The molecule has 1 aromatic rings. The van der Waals surface area contributed by atoms with Crippen molar-refractivity contribution in [3.8, 4) is 0 Å². The minimum absolute atomic E-state index is 0.195. The number of amides is 1. The number of aryl methyl sites for hydroxylation is 1. The van der Waals surface area contributed by atoms with E-state index in [1.54, 1.807) is 0 Å². The molecule has 0 aliphatic carbocycles. The van der Waals surface area contributed by atoms with Crippen molar-refractivity contribution in [3.63, 3.8) is 0 Å². The van der Waals surface area contributed by atoms with Gasteiger partial charge in [0.1, 0.15) is 0 Å². The van der Waals surface area contributed by atoms with Gasteiger partial charge in [-0.25, -0.2) is 0 Å². The Hall–Kier alpha value is -1.35. The molecule has 1 atom stereocenters. The zero-order chi connectivity index (χ0) is 12.3. The largest absolute Gasteiger partial charge is 0.377 e. The Kier molecular flexibility index (Phi) is 3.79. The summed E-state index contributed by atoms with van der Waals surface area (Å²) in [7, 11) is 0. The second kappa shape index (κ2) is 5.32. The first-order valence-corrected chi connectivity index (χ1v) is 6.10. The molecule has 0 N–H and O–H groups in total. The first-order valence-electron chi connectivity index (χ1n) is 6.10. The highest BCUT2D eigenvalue weighted by atomic mass is 16.5. The van der Waals surface area contributed by atoms with Crippen molar-refractivity contribution in [3.05, 3.63) is 35.4 Å². The lowest BCUT2D eigenvalue weighted by Gasteiger charge is -2.33. The average molecular weight is 233 g/mol. The molecule has 1 unspecified atom stereocenters. The highest BCUT2D eigenvalue weighted by molar-refractivity contribution is 5.79. The van der Waals surface area contributed by atoms with Gasteiger partial charge >= 0.3 is 0 Å². The van der Waals surface area contributed by atoms with Crippen molar-refractivity contribution in [1.82, 2.24) is 4.90 Å². The van der Waals surface area contributed by atoms with Crippen LogP contribution in [0.25, 0.3) is 0 Å². The number of rotatable bonds is 2. The van der Waals surface area contributed by atoms with Gasteiger partial charge in [0.2, 0.25) is 5.91 Å². The molecule has 1 aromatic carbocycles. The van der Waals surface area contributed by atoms with Crippen molar-refractivity contribution in [2.45, 2.75) is 26.3 Å². The van der Waals surface area contributed by atoms with Gasteiger partial charge in [0, 0.05) is 6.54 Å². The predicted octanol–water partition coefficient (Wildman–Crippen LogP) is 1.78. The molecule has 1 heterocycles. The van der Waals surface area contributed by atoms with Crippen LogP contribution in [0.2, 0.25) is 0 Å². The van der Waals surface area contributed by atoms with Crippen molar-refractivity contribution in [1.29, 1.82) is 0 Å². The maximum absolute atomic E-state index is 12.2. The zero-order valence-corrected chi connectivity index (χ0v) is 10.5. The maximum Gasteiger partial charge on any atom is 0.227 e. The minimum Gasteiger partial charge on any atom is -0.377 e. The van der Waals surface area contributed by atoms with Gasteiger partial charge in [-0.3, -0.25) is 4.79 Å². The second-order valence-electron chi connectivity index (χ2n) is 4.61. The normalized spacial score (nSPS) is 20.4. The quantitative estimate of drug-likeness (QED) is 0.779. The molecule has 0 bridgehead atoms. The number of hydrogen-bond donors (Lipinski definition) is 0. The van der Waals surface area contributed by atoms with E-state index in [-0.39, 0.29) is 11.9 Å². The lowest BCUT2D eigenvalue weighted by Crippen LogP contribution is -2.47. The molecular weight excluding hydrogens is 214 g/mol. The van der Waals surface area contributed by atoms with E-state index in [2.05, 4.69) is 0 Å². The minimum atomic E-state index is 0.195. The van der Waals surface area contributed by atoms with Crippen LogP contribution in [-0.4, -0.2) is 36.6 Å². The summed E-state index contributed by atoms with van der Waals surface area (Å²) in [6.07, 6.45) is 0.497. The van der Waals surface area contributed by atoms with Gasteiger partial charge in [0.15, 0.2) is 0 Å². The molecule has 0 aromatic heterocycles. The number of ether oxygens (including phenoxy) is 1. The van der Waals surface area contributed by atoms with Crippen molar-refractivity contribution in [2.75, 3.05) is 19.8 Å². The number of morpholine rings is 1. The van der Waals surface area contributed by atoms with Gasteiger partial charge in [0.25, 0.3) is 0 Å². The molecule has 1 aliphatic heterocycles. The molecule has 1 fully saturated rings. The average Bonchev–Trinajstić information content (AvgIpc) is 2.32. The van der Waals surface area contributed by atoms with E-state index in [0.717, 1.165) is 5.56 Å². The van der Waals surface area contributed by atoms with Gasteiger partial charge in [0.05, 0.1) is 25.7 Å². The highest BCUT2D eigenvalue weighted by Gasteiger charge is 2.23. The van der Waals surface area contributed by atoms with E-state index in [9.17, 15) is 4.79 Å². The van der Waals surface area contributed by atoms with Crippen molar-refractivity contribution < 1.29 is 9.53 Å². The van der Waals surface area contributed by atoms with Crippen molar-refractivity contribution >= 4 is 5.91 Å². The first kappa shape index (κ1) is 12.1. The molecule has 0 saturated carbocycles. The topological polar surface area (TPSA) is 29.5 Å². The van der Waals surface area contributed by atoms with Gasteiger partial charge in [-0.1, -0.05) is 24.3 Å². The number of carbonyl (C=O) groups excluding carboxylic acids is 1. The Labute approximate surface area is 102 Å². The predicted molar refractivity (Wildman–Crippen MR) is 66.9 cm³/mol. The second-order valence-corrected chi connectivity index (χ2v) is 4.61. The van der Waals surface area contributed by atoms with Crippen LogP contribution in [0.4, 0.5) is 0 Å². The third kappa shape index (κ3) is 2.86. The van der Waals surface area contributed by atoms with E-state index in [0.29, 0.717) is 26.2 Å². The van der Waals surface area contributed by atoms with Gasteiger partial charge in [-0.05, 0) is 25.0 Å². The zero-order valence-electron chi connectivity index (χ0n) is 10.5. The Bertz CT molecular complexity index is 403. The van der Waals surface area contributed by atoms with Crippen LogP contribution in [0.5, 0.6) is 0 Å². The summed E-state index contributed by atoms with van der Waals surface area (Å²) < 4.78 is 5.34. The molecule has 3 heteroatoms. The summed E-state index contributed by atoms with van der Waals surface area (Å²) in [5.41, 5.74) is 2.30. The fourth-order valence-electron chi connectivity index (χ4n) is 2.17. The van der Waals surface area contributed by atoms with E-state index >= 15 is 0 Å². The van der Waals surface area contributed by atoms with Gasteiger partial charge in [-0.15, -0.1) is 0 Å². The molecule has 0 radical (unpaired) electrons. The van der Waals surface area contributed by atoms with Gasteiger partial charge in [-0.2, -0.15) is 0 Å². The third-order valence-corrected chi connectivity index (χ3v) is 3.29. The molecule has 3 nitrogen and oxygen atoms in total. The van der Waals surface area contributed by atoms with Crippen LogP contribution in [0.1, 0.15) is 18.1 Å². The van der Waals surface area contributed by atoms with Crippen LogP contribution in [0.3, 0.4) is 0 Å². The highest BCUT2D eigenvalue weighted by Crippen LogP contribution is 2.12. The molecule has 1 saturated heterocycles. The number of nitrogens with zero attached hydrogens (tertiary/aromatic N) is 1. The smallest absolute Gasteiger partial charge is 0.227 e. The number of benzene rings is 1. The lowest BCUT2D eigenvalue weighted by molar-refractivity contribution is -0.138. The lowest BCUT2D eigenvalue weighted by atomic mass is 10.0. The number of carbonyl (C=O) groups is 1. The Morgan fingerprint density at radius 3 is 2.94 bits per heavy atom. The van der Waals surface area contributed by atoms with Crippen LogP contribution in [0, 0.1) is 6.92 Å². The summed E-state index contributed by atoms with van der Waals surface area (Å²) >= 11 is 0. The van der Waals surface area contributed by atoms with Crippen LogP contribution >= 0.6 is 0 Å². The van der Waals surface area contributed by atoms with E-state index in [4.69, 9.17) is 4.74 Å². The monoisotopic (exact) mass is 233 g/mol. The molecule has 1 amide bonds. The summed E-state index contributed by atoms with van der Waals surface area (Å²) in [4.78, 5) is 14.1. The van der Waals surface area contributed by atoms with E-state index in [1.807, 2.05) is 43.0 Å². The van der Waals surface area contributed by atoms with Crippen LogP contribution in [-0.2, 0) is 16.0 Å². The van der Waals surface area contributed by atoms with Crippen molar-refractivity contribution in [2.24, 2.45) is 0 Å². The summed E-state index contributed by atoms with van der Waals surface area (Å²) in [5.74, 6) is 0.204. The summed E-state index contributed by atoms with van der Waals surface area (Å²) in [5, 5.41) is 0.